The Morgan fingerprint density at radius 1 is 1.11 bits per heavy atom. The van der Waals surface area contributed by atoms with Crippen LogP contribution in [0.1, 0.15) is 38.0 Å². The third-order valence-electron chi connectivity index (χ3n) is 6.59. The molecule has 0 radical (unpaired) electrons. The molecule has 4 aromatic rings. The molecule has 1 aliphatic heterocycles. The molecular weight excluding hydrogens is 476 g/mol. The molecule has 5 rings (SSSR count). The fraction of sp³-hybridized carbons (Fsp3) is 0.310. The van der Waals surface area contributed by atoms with E-state index in [-0.39, 0.29) is 5.92 Å². The maximum Gasteiger partial charge on any atom is 0.321 e. The number of carbonyl (C=O) groups is 1. The number of benzene rings is 3. The Morgan fingerprint density at radius 2 is 1.89 bits per heavy atom. The monoisotopic (exact) mass is 505 g/mol. The van der Waals surface area contributed by atoms with Crippen molar-refractivity contribution in [2.45, 2.75) is 45.3 Å². The van der Waals surface area contributed by atoms with Crippen LogP contribution in [0.3, 0.4) is 0 Å². The van der Waals surface area contributed by atoms with E-state index in [0.29, 0.717) is 19.3 Å². The number of amides is 1. The van der Waals surface area contributed by atoms with Crippen molar-refractivity contribution < 1.29 is 23.0 Å². The van der Waals surface area contributed by atoms with E-state index in [2.05, 4.69) is 16.5 Å². The summed E-state index contributed by atoms with van der Waals surface area (Å²) in [7, 11) is 0. The summed E-state index contributed by atoms with van der Waals surface area (Å²) in [5.41, 5.74) is 3.78. The Kier molecular flexibility index (Phi) is 6.58. The van der Waals surface area contributed by atoms with Crippen molar-refractivity contribution in [3.05, 3.63) is 84.1 Å². The molecule has 0 aliphatic carbocycles. The van der Waals surface area contributed by atoms with E-state index in [1.165, 1.54) is 0 Å². The molecule has 0 unspecified atom stereocenters. The van der Waals surface area contributed by atoms with Gasteiger partial charge >= 0.3 is 5.92 Å². The van der Waals surface area contributed by atoms with Crippen molar-refractivity contribution in [2.75, 3.05) is 6.61 Å². The molecule has 192 valence electrons. The summed E-state index contributed by atoms with van der Waals surface area (Å²) >= 11 is 0. The van der Waals surface area contributed by atoms with E-state index < -0.39 is 24.0 Å². The lowest BCUT2D eigenvalue weighted by Gasteiger charge is -2.32. The zero-order valence-corrected chi connectivity index (χ0v) is 20.9. The highest BCUT2D eigenvalue weighted by Crippen LogP contribution is 2.33. The van der Waals surface area contributed by atoms with Crippen molar-refractivity contribution in [1.29, 1.82) is 0 Å². The first-order chi connectivity index (χ1) is 17.7. The largest absolute Gasteiger partial charge is 0.493 e. The smallest absolute Gasteiger partial charge is 0.321 e. The number of fused-ring (bicyclic) bond motifs is 2. The topological polar surface area (TPSA) is 65.4 Å². The van der Waals surface area contributed by atoms with Crippen molar-refractivity contribution in [1.82, 2.24) is 15.1 Å². The van der Waals surface area contributed by atoms with E-state index in [0.717, 1.165) is 39.9 Å². The van der Waals surface area contributed by atoms with E-state index in [4.69, 9.17) is 9.47 Å². The molecule has 37 heavy (non-hydrogen) atoms. The molecule has 1 aliphatic rings. The van der Waals surface area contributed by atoms with Crippen LogP contribution in [0.2, 0.25) is 0 Å². The zero-order chi connectivity index (χ0) is 26.2. The van der Waals surface area contributed by atoms with Crippen LogP contribution in [-0.4, -0.2) is 34.3 Å². The minimum atomic E-state index is -3.49. The second-order valence-electron chi connectivity index (χ2n) is 9.75. The Bertz CT molecular complexity index is 1410. The second-order valence-corrected chi connectivity index (χ2v) is 9.75. The van der Waals surface area contributed by atoms with Gasteiger partial charge in [0.2, 0.25) is 0 Å². The first-order valence-corrected chi connectivity index (χ1v) is 12.3. The maximum atomic E-state index is 13.8. The summed E-state index contributed by atoms with van der Waals surface area (Å²) in [6.07, 6.45) is 1.96. The summed E-state index contributed by atoms with van der Waals surface area (Å²) in [6, 6.07) is 20.3. The maximum absolute atomic E-state index is 13.8. The second kappa shape index (κ2) is 9.84. The number of aromatic nitrogens is 2. The van der Waals surface area contributed by atoms with E-state index in [9.17, 15) is 13.6 Å². The standard InChI is InChI=1S/C29H29F2N3O3/c1-18(2)26(33-28(35)29(3,30)31)27(19-7-5-4-6-8-19)37-23-10-11-24-21(16-23)17-32-34(24)22-9-12-25-20(15-22)13-14-36-25/h4-12,15-18,26-27H,13-14H2,1-3H3,(H,33,35)/t26-,27+/m0/s1. The number of carbonyl (C=O) groups excluding carboxylic acids is 1. The normalized spacial score (nSPS) is 14.8. The highest BCUT2D eigenvalue weighted by molar-refractivity contribution is 5.83. The lowest BCUT2D eigenvalue weighted by Crippen LogP contribution is -2.49. The van der Waals surface area contributed by atoms with Crippen LogP contribution in [0, 0.1) is 5.92 Å². The Hall–Kier alpha value is -3.94. The molecule has 6 nitrogen and oxygen atoms in total. The number of ether oxygens (including phenoxy) is 2. The summed E-state index contributed by atoms with van der Waals surface area (Å²) in [4.78, 5) is 12.2. The lowest BCUT2D eigenvalue weighted by atomic mass is 9.92. The van der Waals surface area contributed by atoms with Gasteiger partial charge in [0.15, 0.2) is 0 Å². The Balaban J connectivity index is 1.46. The zero-order valence-electron chi connectivity index (χ0n) is 20.9. The fourth-order valence-corrected chi connectivity index (χ4v) is 4.60. The molecule has 8 heteroatoms. The molecule has 1 N–H and O–H groups in total. The molecule has 0 saturated carbocycles. The predicted octanol–water partition coefficient (Wildman–Crippen LogP) is 5.88. The van der Waals surface area contributed by atoms with Gasteiger partial charge in [-0.3, -0.25) is 4.79 Å². The molecular formula is C29H29F2N3O3. The molecule has 3 aromatic carbocycles. The number of nitrogens with zero attached hydrogens (tertiary/aromatic N) is 2. The lowest BCUT2D eigenvalue weighted by molar-refractivity contribution is -0.145. The molecule has 0 bridgehead atoms. The van der Waals surface area contributed by atoms with Gasteiger partial charge in [-0.2, -0.15) is 13.9 Å². The van der Waals surface area contributed by atoms with Gasteiger partial charge in [0.25, 0.3) is 5.91 Å². The van der Waals surface area contributed by atoms with Crippen LogP contribution in [0.4, 0.5) is 8.78 Å². The van der Waals surface area contributed by atoms with Gasteiger partial charge in [0.1, 0.15) is 17.6 Å². The number of halogens is 2. The quantitative estimate of drug-likeness (QED) is 0.325. The van der Waals surface area contributed by atoms with Crippen LogP contribution in [0.5, 0.6) is 11.5 Å². The number of hydrogen-bond acceptors (Lipinski definition) is 4. The van der Waals surface area contributed by atoms with E-state index >= 15 is 0 Å². The fourth-order valence-electron chi connectivity index (χ4n) is 4.60. The SMILES string of the molecule is CC(C)[C@H](NC(=O)C(C)(F)F)[C@H](Oc1ccc2c(cnn2-c2ccc3c(c2)CCO3)c1)c1ccccc1. The van der Waals surface area contributed by atoms with Crippen LogP contribution >= 0.6 is 0 Å². The van der Waals surface area contributed by atoms with Gasteiger partial charge in [0, 0.05) is 18.7 Å². The number of rotatable bonds is 8. The number of hydrogen-bond donors (Lipinski definition) is 1. The molecule has 1 amide bonds. The number of nitrogens with one attached hydrogen (secondary N) is 1. The van der Waals surface area contributed by atoms with Gasteiger partial charge in [-0.25, -0.2) is 4.68 Å². The van der Waals surface area contributed by atoms with Crippen molar-refractivity contribution in [3.8, 4) is 17.2 Å². The van der Waals surface area contributed by atoms with Gasteiger partial charge < -0.3 is 14.8 Å². The molecule has 0 fully saturated rings. The summed E-state index contributed by atoms with van der Waals surface area (Å²) in [5, 5.41) is 7.96. The first-order valence-electron chi connectivity index (χ1n) is 12.3. The first kappa shape index (κ1) is 24.7. The van der Waals surface area contributed by atoms with Gasteiger partial charge in [0.05, 0.1) is 30.0 Å². The van der Waals surface area contributed by atoms with Crippen LogP contribution in [-0.2, 0) is 11.2 Å². The highest BCUT2D eigenvalue weighted by Gasteiger charge is 2.37. The van der Waals surface area contributed by atoms with Gasteiger partial charge in [-0.05, 0) is 53.4 Å². The molecule has 0 saturated heterocycles. The van der Waals surface area contributed by atoms with Crippen LogP contribution in [0.25, 0.3) is 16.6 Å². The molecule has 1 aromatic heterocycles. The van der Waals surface area contributed by atoms with Gasteiger partial charge in [-0.1, -0.05) is 44.2 Å². The predicted molar refractivity (Wildman–Crippen MR) is 137 cm³/mol. The van der Waals surface area contributed by atoms with Crippen molar-refractivity contribution in [3.63, 3.8) is 0 Å². The molecule has 2 heterocycles. The Labute approximate surface area is 214 Å². The average Bonchev–Trinajstić information content (AvgIpc) is 3.52. The number of alkyl halides is 2. The third kappa shape index (κ3) is 5.14. The average molecular weight is 506 g/mol. The Morgan fingerprint density at radius 3 is 2.62 bits per heavy atom. The van der Waals surface area contributed by atoms with Crippen molar-refractivity contribution in [2.24, 2.45) is 5.92 Å². The summed E-state index contributed by atoms with van der Waals surface area (Å²) < 4.78 is 41.4. The van der Waals surface area contributed by atoms with Crippen LogP contribution in [0.15, 0.2) is 72.9 Å². The summed E-state index contributed by atoms with van der Waals surface area (Å²) in [5.74, 6) is -3.54. The summed E-state index contributed by atoms with van der Waals surface area (Å²) in [6.45, 7) is 5.02. The minimum absolute atomic E-state index is 0.174. The third-order valence-corrected chi connectivity index (χ3v) is 6.59. The van der Waals surface area contributed by atoms with Gasteiger partial charge in [-0.15, -0.1) is 0 Å². The van der Waals surface area contributed by atoms with E-state index in [1.807, 2.05) is 79.2 Å². The molecule has 0 spiro atoms. The van der Waals surface area contributed by atoms with E-state index in [1.54, 1.807) is 6.20 Å². The molecule has 2 atom stereocenters. The minimum Gasteiger partial charge on any atom is -0.493 e. The van der Waals surface area contributed by atoms with Crippen LogP contribution < -0.4 is 14.8 Å². The van der Waals surface area contributed by atoms with Crippen molar-refractivity contribution >= 4 is 16.8 Å². The highest BCUT2D eigenvalue weighted by atomic mass is 19.3.